The Bertz CT molecular complexity index is 579. The zero-order chi connectivity index (χ0) is 13.9. The molecule has 2 unspecified atom stereocenters. The Morgan fingerprint density at radius 3 is 3.10 bits per heavy atom. The number of benzene rings is 1. The van der Waals surface area contributed by atoms with Gasteiger partial charge in [0.05, 0.1) is 6.61 Å². The van der Waals surface area contributed by atoms with Crippen LogP contribution in [0.5, 0.6) is 5.75 Å². The number of ether oxygens (including phenoxy) is 1. The van der Waals surface area contributed by atoms with E-state index in [1.807, 2.05) is 31.6 Å². The van der Waals surface area contributed by atoms with Crippen molar-refractivity contribution in [3.8, 4) is 5.75 Å². The minimum Gasteiger partial charge on any atom is -0.493 e. The zero-order valence-corrected chi connectivity index (χ0v) is 11.8. The van der Waals surface area contributed by atoms with E-state index < -0.39 is 0 Å². The van der Waals surface area contributed by atoms with Crippen molar-refractivity contribution in [2.45, 2.75) is 25.3 Å². The first-order chi connectivity index (χ1) is 9.74. The second-order valence-electron chi connectivity index (χ2n) is 5.54. The van der Waals surface area contributed by atoms with Gasteiger partial charge >= 0.3 is 0 Å². The van der Waals surface area contributed by atoms with Crippen LogP contribution in [0.4, 0.5) is 0 Å². The smallest absolute Gasteiger partial charge is 0.122 e. The Kier molecular flexibility index (Phi) is 3.74. The summed E-state index contributed by atoms with van der Waals surface area (Å²) in [6.07, 6.45) is 6.68. The van der Waals surface area contributed by atoms with Gasteiger partial charge in [-0.15, -0.1) is 0 Å². The van der Waals surface area contributed by atoms with Gasteiger partial charge in [0.2, 0.25) is 0 Å². The van der Waals surface area contributed by atoms with Crippen molar-refractivity contribution < 1.29 is 4.74 Å². The maximum atomic E-state index is 6.36. The number of rotatable bonds is 4. The predicted molar refractivity (Wildman–Crippen MR) is 78.6 cm³/mol. The highest BCUT2D eigenvalue weighted by atomic mass is 16.5. The maximum absolute atomic E-state index is 6.36. The molecule has 1 aromatic heterocycles. The van der Waals surface area contributed by atoms with E-state index in [-0.39, 0.29) is 6.04 Å². The molecule has 106 valence electrons. The second kappa shape index (κ2) is 5.67. The number of hydrogen-bond acceptors (Lipinski definition) is 3. The van der Waals surface area contributed by atoms with Crippen molar-refractivity contribution in [1.29, 1.82) is 0 Å². The first-order valence-electron chi connectivity index (χ1n) is 7.16. The number of nitrogens with two attached hydrogens (primary N) is 1. The minimum atomic E-state index is 0.153. The average Bonchev–Trinajstić information content (AvgIpc) is 2.89. The van der Waals surface area contributed by atoms with Crippen LogP contribution in [0.25, 0.3) is 0 Å². The molecule has 2 atom stereocenters. The number of aromatic nitrogens is 2. The number of imidazole rings is 1. The third kappa shape index (κ3) is 2.70. The van der Waals surface area contributed by atoms with Crippen LogP contribution in [0.15, 0.2) is 36.7 Å². The van der Waals surface area contributed by atoms with Gasteiger partial charge in [0.15, 0.2) is 0 Å². The highest BCUT2D eigenvalue weighted by Gasteiger charge is 2.25. The Morgan fingerprint density at radius 1 is 1.45 bits per heavy atom. The van der Waals surface area contributed by atoms with E-state index in [1.54, 1.807) is 0 Å². The molecule has 2 aromatic rings. The number of aryl methyl sites for hydroxylation is 2. The lowest BCUT2D eigenvalue weighted by Gasteiger charge is -2.29. The molecule has 1 aliphatic rings. The molecule has 1 aliphatic heterocycles. The molecule has 1 aromatic carbocycles. The van der Waals surface area contributed by atoms with Crippen LogP contribution in [-0.2, 0) is 19.9 Å². The fourth-order valence-electron chi connectivity index (χ4n) is 2.80. The van der Waals surface area contributed by atoms with Crippen LogP contribution in [0.1, 0.15) is 17.8 Å². The lowest BCUT2D eigenvalue weighted by molar-refractivity contribution is 0.195. The number of fused-ring (bicyclic) bond motifs is 1. The summed E-state index contributed by atoms with van der Waals surface area (Å²) >= 11 is 0. The van der Waals surface area contributed by atoms with Gasteiger partial charge in [-0.1, -0.05) is 18.2 Å². The molecule has 0 amide bonds. The van der Waals surface area contributed by atoms with Crippen molar-refractivity contribution in [2.75, 3.05) is 6.61 Å². The first kappa shape index (κ1) is 13.2. The zero-order valence-electron chi connectivity index (χ0n) is 11.8. The van der Waals surface area contributed by atoms with Gasteiger partial charge in [0, 0.05) is 37.8 Å². The van der Waals surface area contributed by atoms with Gasteiger partial charge in [0.1, 0.15) is 11.6 Å². The van der Waals surface area contributed by atoms with Crippen LogP contribution in [0, 0.1) is 5.92 Å². The van der Waals surface area contributed by atoms with Crippen LogP contribution in [0.3, 0.4) is 0 Å². The summed E-state index contributed by atoms with van der Waals surface area (Å²) in [6.45, 7) is 0.721. The molecular weight excluding hydrogens is 250 g/mol. The third-order valence-corrected chi connectivity index (χ3v) is 4.14. The van der Waals surface area contributed by atoms with Gasteiger partial charge in [-0.3, -0.25) is 0 Å². The summed E-state index contributed by atoms with van der Waals surface area (Å²) in [5, 5.41) is 0. The van der Waals surface area contributed by atoms with Gasteiger partial charge in [-0.05, 0) is 24.5 Å². The molecule has 0 saturated carbocycles. The molecule has 0 aliphatic carbocycles. The summed E-state index contributed by atoms with van der Waals surface area (Å²) in [4.78, 5) is 4.34. The van der Waals surface area contributed by atoms with Crippen molar-refractivity contribution in [3.63, 3.8) is 0 Å². The monoisotopic (exact) mass is 271 g/mol. The summed E-state index contributed by atoms with van der Waals surface area (Å²) in [7, 11) is 2.02. The molecule has 0 spiro atoms. The Hall–Kier alpha value is -1.81. The first-order valence-corrected chi connectivity index (χ1v) is 7.16. The third-order valence-electron chi connectivity index (χ3n) is 4.14. The number of hydrogen-bond donors (Lipinski definition) is 1. The normalized spacial score (nSPS) is 19.2. The van der Waals surface area contributed by atoms with Crippen molar-refractivity contribution >= 4 is 0 Å². The molecular formula is C16H21N3O. The highest BCUT2D eigenvalue weighted by molar-refractivity contribution is 5.35. The highest BCUT2D eigenvalue weighted by Crippen LogP contribution is 2.28. The average molecular weight is 271 g/mol. The molecule has 4 nitrogen and oxygen atoms in total. The van der Waals surface area contributed by atoms with E-state index >= 15 is 0 Å². The summed E-state index contributed by atoms with van der Waals surface area (Å²) in [5.41, 5.74) is 7.63. The summed E-state index contributed by atoms with van der Waals surface area (Å²) < 4.78 is 7.87. The van der Waals surface area contributed by atoms with Gasteiger partial charge < -0.3 is 15.0 Å². The lowest BCUT2D eigenvalue weighted by Crippen LogP contribution is -2.38. The minimum absolute atomic E-state index is 0.153. The molecule has 2 N–H and O–H groups in total. The fourth-order valence-corrected chi connectivity index (χ4v) is 2.80. The van der Waals surface area contributed by atoms with E-state index in [4.69, 9.17) is 10.5 Å². The van der Waals surface area contributed by atoms with Crippen LogP contribution < -0.4 is 10.5 Å². The molecule has 0 fully saturated rings. The Labute approximate surface area is 119 Å². The van der Waals surface area contributed by atoms with Crippen LogP contribution >= 0.6 is 0 Å². The molecule has 3 rings (SSSR count). The molecule has 0 bridgehead atoms. The molecule has 0 saturated heterocycles. The van der Waals surface area contributed by atoms with Crippen LogP contribution in [0.2, 0.25) is 0 Å². The largest absolute Gasteiger partial charge is 0.493 e. The quantitative estimate of drug-likeness (QED) is 0.924. The van der Waals surface area contributed by atoms with E-state index in [0.29, 0.717) is 5.92 Å². The SMILES string of the molecule is Cn1ccnc1CCC(N)C1COc2ccccc2C1. The molecule has 0 radical (unpaired) electrons. The summed E-state index contributed by atoms with van der Waals surface area (Å²) in [5.74, 6) is 2.50. The van der Waals surface area contributed by atoms with Crippen molar-refractivity contribution in [3.05, 3.63) is 48.0 Å². The lowest BCUT2D eigenvalue weighted by atomic mass is 9.88. The fraction of sp³-hybridized carbons (Fsp3) is 0.438. The van der Waals surface area contributed by atoms with Gasteiger partial charge in [-0.25, -0.2) is 4.98 Å². The molecule has 20 heavy (non-hydrogen) atoms. The van der Waals surface area contributed by atoms with E-state index in [0.717, 1.165) is 37.4 Å². The van der Waals surface area contributed by atoms with E-state index in [9.17, 15) is 0 Å². The predicted octanol–water partition coefficient (Wildman–Crippen LogP) is 1.93. The topological polar surface area (TPSA) is 53.1 Å². The van der Waals surface area contributed by atoms with Crippen molar-refractivity contribution in [1.82, 2.24) is 9.55 Å². The van der Waals surface area contributed by atoms with Crippen molar-refractivity contribution in [2.24, 2.45) is 18.7 Å². The van der Waals surface area contributed by atoms with Gasteiger partial charge in [-0.2, -0.15) is 0 Å². The Morgan fingerprint density at radius 2 is 2.30 bits per heavy atom. The van der Waals surface area contributed by atoms with E-state index in [2.05, 4.69) is 21.7 Å². The standard InChI is InChI=1S/C16H21N3O/c1-19-9-8-18-16(19)7-6-14(17)13-10-12-4-2-3-5-15(12)20-11-13/h2-5,8-9,13-14H,6-7,10-11,17H2,1H3. The second-order valence-corrected chi connectivity index (χ2v) is 5.54. The number of para-hydroxylation sites is 1. The maximum Gasteiger partial charge on any atom is 0.122 e. The van der Waals surface area contributed by atoms with Crippen LogP contribution in [-0.4, -0.2) is 22.2 Å². The summed E-state index contributed by atoms with van der Waals surface area (Å²) in [6, 6.07) is 8.39. The van der Waals surface area contributed by atoms with Gasteiger partial charge in [0.25, 0.3) is 0 Å². The Balaban J connectivity index is 1.59. The number of nitrogens with zero attached hydrogens (tertiary/aromatic N) is 2. The molecule has 4 heteroatoms. The van der Waals surface area contributed by atoms with E-state index in [1.165, 1.54) is 5.56 Å². The molecule has 2 heterocycles.